The molecule has 0 fully saturated rings. The van der Waals surface area contributed by atoms with Crippen LogP contribution in [0.25, 0.3) is 11.3 Å². The summed E-state index contributed by atoms with van der Waals surface area (Å²) < 4.78 is 31.6. The van der Waals surface area contributed by atoms with Gasteiger partial charge in [0, 0.05) is 23.2 Å². The average Bonchev–Trinajstić information content (AvgIpc) is 3.18. The van der Waals surface area contributed by atoms with Crippen molar-refractivity contribution in [3.8, 4) is 11.3 Å². The first-order chi connectivity index (χ1) is 14.7. The molecule has 13 heteroatoms. The summed E-state index contributed by atoms with van der Waals surface area (Å²) in [5, 5.41) is 15.1. The molecule has 0 bridgehead atoms. The fourth-order valence-electron chi connectivity index (χ4n) is 2.53. The molecule has 0 saturated heterocycles. The summed E-state index contributed by atoms with van der Waals surface area (Å²) in [5.41, 5.74) is -1.70. The predicted octanol–water partition coefficient (Wildman–Crippen LogP) is 2.58. The molecule has 1 N–H and O–H groups in total. The van der Waals surface area contributed by atoms with Crippen LogP contribution in [0.5, 0.6) is 0 Å². The molecule has 0 aliphatic heterocycles. The number of nitrogens with one attached hydrogen (secondary N) is 1. The van der Waals surface area contributed by atoms with Crippen LogP contribution in [-0.4, -0.2) is 33.5 Å². The molecule has 0 radical (unpaired) electrons. The number of benzene rings is 1. The van der Waals surface area contributed by atoms with E-state index >= 15 is 0 Å². The molecule has 0 saturated carbocycles. The molecule has 160 valence electrons. The highest BCUT2D eigenvalue weighted by Gasteiger charge is 2.21. The first-order valence-electron chi connectivity index (χ1n) is 8.37. The molecule has 3 aromatic rings. The van der Waals surface area contributed by atoms with Gasteiger partial charge in [-0.25, -0.2) is 18.6 Å². The lowest BCUT2D eigenvalue weighted by molar-refractivity contribution is -0.386. The third-order valence-corrected chi connectivity index (χ3v) is 4.72. The van der Waals surface area contributed by atoms with Crippen LogP contribution in [0.4, 0.5) is 19.6 Å². The zero-order valence-electron chi connectivity index (χ0n) is 15.6. The third-order valence-electron chi connectivity index (χ3n) is 3.96. The highest BCUT2D eigenvalue weighted by atomic mass is 32.1. The van der Waals surface area contributed by atoms with Gasteiger partial charge in [0.15, 0.2) is 16.8 Å². The van der Waals surface area contributed by atoms with Crippen LogP contribution in [0.3, 0.4) is 0 Å². The van der Waals surface area contributed by atoms with Gasteiger partial charge in [0.2, 0.25) is 5.91 Å². The van der Waals surface area contributed by atoms with Crippen LogP contribution in [0.15, 0.2) is 40.6 Å². The molecule has 0 unspecified atom stereocenters. The number of aromatic nitrogens is 2. The van der Waals surface area contributed by atoms with Crippen molar-refractivity contribution in [3.05, 3.63) is 73.5 Å². The largest absolute Gasteiger partial charge is 0.465 e. The second kappa shape index (κ2) is 8.79. The Morgan fingerprint density at radius 2 is 2.03 bits per heavy atom. The van der Waals surface area contributed by atoms with E-state index in [4.69, 9.17) is 0 Å². The van der Waals surface area contributed by atoms with Gasteiger partial charge in [-0.1, -0.05) is 0 Å². The predicted molar refractivity (Wildman–Crippen MR) is 105 cm³/mol. The SMILES string of the molecule is COC(=O)c1cc([N+](=O)[O-])c(=O)n(CC(=O)Nc2nc(-c3ccc(F)c(F)c3)cs2)c1. The number of methoxy groups -OCH3 is 1. The van der Waals surface area contributed by atoms with Crippen molar-refractivity contribution < 1.29 is 28.0 Å². The second-order valence-corrected chi connectivity index (χ2v) is 6.87. The molecule has 1 aromatic carbocycles. The van der Waals surface area contributed by atoms with Gasteiger partial charge in [-0.05, 0) is 18.2 Å². The molecule has 0 spiro atoms. The van der Waals surface area contributed by atoms with Gasteiger partial charge in [-0.15, -0.1) is 11.3 Å². The molecule has 1 amide bonds. The number of nitro groups is 1. The molecule has 0 aliphatic rings. The lowest BCUT2D eigenvalue weighted by Gasteiger charge is -2.07. The van der Waals surface area contributed by atoms with E-state index in [0.29, 0.717) is 4.57 Å². The normalized spacial score (nSPS) is 10.5. The fourth-order valence-corrected chi connectivity index (χ4v) is 3.27. The summed E-state index contributed by atoms with van der Waals surface area (Å²) in [5.74, 6) is -3.75. The van der Waals surface area contributed by atoms with E-state index in [1.807, 2.05) is 0 Å². The minimum absolute atomic E-state index is 0.0939. The molecule has 0 atom stereocenters. The van der Waals surface area contributed by atoms with Crippen LogP contribution in [-0.2, 0) is 16.1 Å². The fraction of sp³-hybridized carbons (Fsp3) is 0.111. The van der Waals surface area contributed by atoms with Gasteiger partial charge >= 0.3 is 17.2 Å². The Morgan fingerprint density at radius 1 is 1.29 bits per heavy atom. The monoisotopic (exact) mass is 450 g/mol. The number of ether oxygens (including phenoxy) is 1. The number of rotatable bonds is 6. The molecule has 0 aliphatic carbocycles. The zero-order valence-corrected chi connectivity index (χ0v) is 16.4. The van der Waals surface area contributed by atoms with Crippen molar-refractivity contribution in [1.29, 1.82) is 0 Å². The third kappa shape index (κ3) is 4.78. The van der Waals surface area contributed by atoms with Gasteiger partial charge in [0.05, 0.1) is 23.3 Å². The number of nitrogens with zero attached hydrogens (tertiary/aromatic N) is 3. The molecular formula is C18H12F2N4O6S. The van der Waals surface area contributed by atoms with Gasteiger partial charge < -0.3 is 10.1 Å². The van der Waals surface area contributed by atoms with E-state index in [-0.39, 0.29) is 22.0 Å². The van der Waals surface area contributed by atoms with Gasteiger partial charge in [-0.3, -0.25) is 24.3 Å². The first kappa shape index (κ1) is 21.7. The Kier molecular flexibility index (Phi) is 6.15. The van der Waals surface area contributed by atoms with Gasteiger partial charge in [0.25, 0.3) is 0 Å². The van der Waals surface area contributed by atoms with Crippen molar-refractivity contribution in [2.24, 2.45) is 0 Å². The van der Waals surface area contributed by atoms with Crippen molar-refractivity contribution in [2.75, 3.05) is 12.4 Å². The van der Waals surface area contributed by atoms with Crippen LogP contribution in [0.2, 0.25) is 0 Å². The number of hydrogen-bond donors (Lipinski definition) is 1. The Labute approximate surface area is 175 Å². The topological polar surface area (TPSA) is 133 Å². The maximum atomic E-state index is 13.4. The summed E-state index contributed by atoms with van der Waals surface area (Å²) >= 11 is 0.988. The summed E-state index contributed by atoms with van der Waals surface area (Å²) in [4.78, 5) is 50.4. The summed E-state index contributed by atoms with van der Waals surface area (Å²) in [6, 6.07) is 3.97. The number of amides is 1. The lowest BCUT2D eigenvalue weighted by atomic mass is 10.2. The standard InChI is InChI=1S/C18H12F2N4O6S/c1-30-17(27)10-5-14(24(28)29)16(26)23(6-10)7-15(25)22-18-21-13(8-31-18)9-2-3-11(19)12(20)4-9/h2-6,8H,7H2,1H3,(H,21,22,25). The lowest BCUT2D eigenvalue weighted by Crippen LogP contribution is -2.29. The van der Waals surface area contributed by atoms with Crippen LogP contribution < -0.4 is 10.9 Å². The number of esters is 1. The Bertz CT molecular complexity index is 1260. The average molecular weight is 450 g/mol. The first-order valence-corrected chi connectivity index (χ1v) is 9.25. The summed E-state index contributed by atoms with van der Waals surface area (Å²) in [6.45, 7) is -0.648. The van der Waals surface area contributed by atoms with Crippen LogP contribution in [0.1, 0.15) is 10.4 Å². The maximum absolute atomic E-state index is 13.4. The molecule has 10 nitrogen and oxygen atoms in total. The van der Waals surface area contributed by atoms with Crippen molar-refractivity contribution >= 4 is 34.0 Å². The highest BCUT2D eigenvalue weighted by Crippen LogP contribution is 2.26. The number of halogens is 2. The van der Waals surface area contributed by atoms with E-state index in [1.54, 1.807) is 0 Å². The Balaban J connectivity index is 1.81. The molecule has 2 aromatic heterocycles. The van der Waals surface area contributed by atoms with Crippen molar-refractivity contribution in [2.45, 2.75) is 6.54 Å². The summed E-state index contributed by atoms with van der Waals surface area (Å²) in [6.07, 6.45) is 0.968. The zero-order chi connectivity index (χ0) is 22.7. The Morgan fingerprint density at radius 3 is 2.68 bits per heavy atom. The van der Waals surface area contributed by atoms with E-state index < -0.39 is 46.2 Å². The van der Waals surface area contributed by atoms with Crippen molar-refractivity contribution in [3.63, 3.8) is 0 Å². The van der Waals surface area contributed by atoms with Crippen LogP contribution in [0, 0.1) is 21.7 Å². The van der Waals surface area contributed by atoms with E-state index in [9.17, 15) is 33.3 Å². The van der Waals surface area contributed by atoms with E-state index in [0.717, 1.165) is 42.8 Å². The minimum Gasteiger partial charge on any atom is -0.465 e. The number of hydrogen-bond acceptors (Lipinski definition) is 8. The molecule has 31 heavy (non-hydrogen) atoms. The van der Waals surface area contributed by atoms with Crippen molar-refractivity contribution in [1.82, 2.24) is 9.55 Å². The summed E-state index contributed by atoms with van der Waals surface area (Å²) in [7, 11) is 1.06. The number of anilines is 1. The number of thiazole rings is 1. The second-order valence-electron chi connectivity index (χ2n) is 6.01. The molecule has 2 heterocycles. The number of pyridine rings is 1. The number of carbonyl (C=O) groups is 2. The molecule has 3 rings (SSSR count). The van der Waals surface area contributed by atoms with E-state index in [2.05, 4.69) is 15.0 Å². The smallest absolute Gasteiger partial charge is 0.339 e. The van der Waals surface area contributed by atoms with Crippen LogP contribution >= 0.6 is 11.3 Å². The maximum Gasteiger partial charge on any atom is 0.339 e. The highest BCUT2D eigenvalue weighted by molar-refractivity contribution is 7.14. The molecular weight excluding hydrogens is 438 g/mol. The quantitative estimate of drug-likeness (QED) is 0.347. The van der Waals surface area contributed by atoms with E-state index in [1.165, 1.54) is 11.4 Å². The minimum atomic E-state index is -1.09. The Hall–Kier alpha value is -4.00. The van der Waals surface area contributed by atoms with Gasteiger partial charge in [-0.2, -0.15) is 0 Å². The van der Waals surface area contributed by atoms with Gasteiger partial charge in [0.1, 0.15) is 6.54 Å². The number of carbonyl (C=O) groups excluding carboxylic acids is 2.